The van der Waals surface area contributed by atoms with Gasteiger partial charge in [-0.3, -0.25) is 4.79 Å². The Kier molecular flexibility index (Phi) is 12.4. The summed E-state index contributed by atoms with van der Waals surface area (Å²) in [5.41, 5.74) is -0.780. The molecular weight excluding hydrogens is 400 g/mol. The molecule has 0 aliphatic heterocycles. The van der Waals surface area contributed by atoms with Crippen molar-refractivity contribution in [2.45, 2.75) is 26.7 Å². The van der Waals surface area contributed by atoms with E-state index in [2.05, 4.69) is 4.74 Å². The summed E-state index contributed by atoms with van der Waals surface area (Å²) in [7, 11) is 0. The number of carbonyl (C=O) groups is 1. The second-order valence-corrected chi connectivity index (χ2v) is 5.88. The third-order valence-corrected chi connectivity index (χ3v) is 3.57. The van der Waals surface area contributed by atoms with E-state index in [9.17, 15) is 22.4 Å². The predicted octanol–water partition coefficient (Wildman–Crippen LogP) is 3.32. The lowest BCUT2D eigenvalue weighted by Gasteiger charge is -2.10. The van der Waals surface area contributed by atoms with Gasteiger partial charge in [0.15, 0.2) is 17.5 Å². The van der Waals surface area contributed by atoms with Crippen LogP contribution in [0.3, 0.4) is 0 Å². The lowest BCUT2D eigenvalue weighted by molar-refractivity contribution is -0.136. The SMILES string of the molecule is CCCOCCOCCOCCOCCC(=O)Oc1c(F)c(C)c(F)c(F)c1F. The predicted molar refractivity (Wildman–Crippen MR) is 94.8 cm³/mol. The van der Waals surface area contributed by atoms with Crippen molar-refractivity contribution in [1.29, 1.82) is 0 Å². The number of hydrogen-bond acceptors (Lipinski definition) is 6. The molecule has 1 aromatic carbocycles. The van der Waals surface area contributed by atoms with E-state index < -0.39 is 40.6 Å². The van der Waals surface area contributed by atoms with Crippen molar-refractivity contribution in [1.82, 2.24) is 0 Å². The zero-order valence-electron chi connectivity index (χ0n) is 16.5. The molecule has 0 heterocycles. The molecular formula is C19H26F4O6. The molecule has 0 spiro atoms. The molecule has 1 aromatic rings. The first-order valence-corrected chi connectivity index (χ1v) is 9.24. The number of benzene rings is 1. The third kappa shape index (κ3) is 9.07. The summed E-state index contributed by atoms with van der Waals surface area (Å²) in [6.07, 6.45) is 0.622. The first-order chi connectivity index (χ1) is 13.9. The highest BCUT2D eigenvalue weighted by atomic mass is 19.2. The Morgan fingerprint density at radius 1 is 0.690 bits per heavy atom. The fourth-order valence-electron chi connectivity index (χ4n) is 2.04. The molecule has 0 amide bonds. The number of halogens is 4. The van der Waals surface area contributed by atoms with Gasteiger partial charge in [0.25, 0.3) is 0 Å². The molecule has 0 aromatic heterocycles. The minimum atomic E-state index is -1.91. The van der Waals surface area contributed by atoms with Crippen molar-refractivity contribution < 1.29 is 46.0 Å². The Morgan fingerprint density at radius 3 is 1.69 bits per heavy atom. The summed E-state index contributed by atoms with van der Waals surface area (Å²) in [6.45, 7) is 5.77. The highest BCUT2D eigenvalue weighted by Gasteiger charge is 2.26. The molecule has 1 rings (SSSR count). The van der Waals surface area contributed by atoms with Gasteiger partial charge in [0.05, 0.1) is 52.7 Å². The van der Waals surface area contributed by atoms with E-state index in [1.807, 2.05) is 6.92 Å². The van der Waals surface area contributed by atoms with Crippen molar-refractivity contribution in [3.05, 3.63) is 28.8 Å². The normalized spacial score (nSPS) is 11.1. The summed E-state index contributed by atoms with van der Waals surface area (Å²) in [5, 5.41) is 0. The van der Waals surface area contributed by atoms with E-state index in [4.69, 9.17) is 18.9 Å². The average Bonchev–Trinajstić information content (AvgIpc) is 2.71. The highest BCUT2D eigenvalue weighted by molar-refractivity contribution is 5.72. The fourth-order valence-corrected chi connectivity index (χ4v) is 2.04. The van der Waals surface area contributed by atoms with Crippen LogP contribution < -0.4 is 4.74 Å². The maximum atomic E-state index is 13.8. The van der Waals surface area contributed by atoms with E-state index in [0.717, 1.165) is 13.3 Å². The molecule has 0 aliphatic rings. The number of ether oxygens (including phenoxy) is 5. The van der Waals surface area contributed by atoms with Crippen LogP contribution in [-0.2, 0) is 23.7 Å². The molecule has 0 atom stereocenters. The smallest absolute Gasteiger partial charge is 0.313 e. The van der Waals surface area contributed by atoms with Gasteiger partial charge in [-0.1, -0.05) is 6.92 Å². The standard InChI is InChI=1S/C19H26F4O6/c1-3-5-25-7-9-27-11-12-28-10-8-26-6-4-14(24)29-19-16(21)13(2)15(20)17(22)18(19)23/h3-12H2,1-2H3. The second kappa shape index (κ2) is 14.3. The maximum Gasteiger partial charge on any atom is 0.313 e. The van der Waals surface area contributed by atoms with E-state index in [-0.39, 0.29) is 26.2 Å². The molecule has 0 saturated carbocycles. The molecule has 0 radical (unpaired) electrons. The Bertz CT molecular complexity index is 613. The average molecular weight is 426 g/mol. The topological polar surface area (TPSA) is 63.2 Å². The number of rotatable bonds is 15. The Labute approximate surface area is 167 Å². The lowest BCUT2D eigenvalue weighted by atomic mass is 10.2. The van der Waals surface area contributed by atoms with Crippen LogP contribution in [0.25, 0.3) is 0 Å². The van der Waals surface area contributed by atoms with Gasteiger partial charge in [-0.25, -0.2) is 13.2 Å². The van der Waals surface area contributed by atoms with Crippen LogP contribution in [0, 0.1) is 30.2 Å². The van der Waals surface area contributed by atoms with Crippen LogP contribution in [0.2, 0.25) is 0 Å². The van der Waals surface area contributed by atoms with Crippen LogP contribution in [-0.4, -0.2) is 58.8 Å². The van der Waals surface area contributed by atoms with E-state index in [1.165, 1.54) is 0 Å². The minimum absolute atomic E-state index is 0.0979. The zero-order valence-corrected chi connectivity index (χ0v) is 16.5. The summed E-state index contributed by atoms with van der Waals surface area (Å²) < 4.78 is 79.2. The molecule has 29 heavy (non-hydrogen) atoms. The summed E-state index contributed by atoms with van der Waals surface area (Å²) in [4.78, 5) is 11.6. The van der Waals surface area contributed by atoms with Gasteiger partial charge in [0, 0.05) is 12.2 Å². The van der Waals surface area contributed by atoms with Gasteiger partial charge in [0.1, 0.15) is 0 Å². The molecule has 0 unspecified atom stereocenters. The van der Waals surface area contributed by atoms with Crippen LogP contribution in [0.15, 0.2) is 0 Å². The third-order valence-electron chi connectivity index (χ3n) is 3.57. The highest BCUT2D eigenvalue weighted by Crippen LogP contribution is 2.29. The van der Waals surface area contributed by atoms with Crippen LogP contribution in [0.5, 0.6) is 5.75 Å². The van der Waals surface area contributed by atoms with Gasteiger partial charge >= 0.3 is 5.97 Å². The van der Waals surface area contributed by atoms with Crippen molar-refractivity contribution in [2.75, 3.05) is 52.9 Å². The summed E-state index contributed by atoms with van der Waals surface area (Å²) >= 11 is 0. The Hall–Kier alpha value is -1.75. The van der Waals surface area contributed by atoms with Crippen molar-refractivity contribution >= 4 is 5.97 Å². The largest absolute Gasteiger partial charge is 0.420 e. The first-order valence-electron chi connectivity index (χ1n) is 9.24. The van der Waals surface area contributed by atoms with E-state index in [0.29, 0.717) is 33.0 Å². The van der Waals surface area contributed by atoms with Gasteiger partial charge < -0.3 is 23.7 Å². The molecule has 0 aliphatic carbocycles. The monoisotopic (exact) mass is 426 g/mol. The summed E-state index contributed by atoms with van der Waals surface area (Å²) in [5.74, 6) is -9.26. The van der Waals surface area contributed by atoms with Gasteiger partial charge in [-0.15, -0.1) is 0 Å². The number of esters is 1. The van der Waals surface area contributed by atoms with Crippen LogP contribution in [0.1, 0.15) is 25.3 Å². The van der Waals surface area contributed by atoms with Gasteiger partial charge in [-0.2, -0.15) is 4.39 Å². The number of carbonyl (C=O) groups excluding carboxylic acids is 1. The van der Waals surface area contributed by atoms with Crippen LogP contribution in [0.4, 0.5) is 17.6 Å². The Balaban J connectivity index is 2.13. The lowest BCUT2D eigenvalue weighted by Crippen LogP contribution is -2.16. The number of hydrogen-bond donors (Lipinski definition) is 0. The fraction of sp³-hybridized carbons (Fsp3) is 0.632. The van der Waals surface area contributed by atoms with Crippen molar-refractivity contribution in [3.8, 4) is 5.75 Å². The molecule has 10 heteroatoms. The van der Waals surface area contributed by atoms with Crippen molar-refractivity contribution in [2.24, 2.45) is 0 Å². The zero-order chi connectivity index (χ0) is 21.6. The van der Waals surface area contributed by atoms with Gasteiger partial charge in [-0.05, 0) is 13.3 Å². The molecule has 0 fully saturated rings. The van der Waals surface area contributed by atoms with Gasteiger partial charge in [0.2, 0.25) is 11.6 Å². The minimum Gasteiger partial charge on any atom is -0.420 e. The molecule has 0 N–H and O–H groups in total. The van der Waals surface area contributed by atoms with E-state index in [1.54, 1.807) is 0 Å². The van der Waals surface area contributed by atoms with E-state index >= 15 is 0 Å². The molecule has 166 valence electrons. The molecule has 0 saturated heterocycles. The maximum absolute atomic E-state index is 13.8. The van der Waals surface area contributed by atoms with Crippen LogP contribution >= 0.6 is 0 Å². The second-order valence-electron chi connectivity index (χ2n) is 5.88. The quantitative estimate of drug-likeness (QED) is 0.107. The Morgan fingerprint density at radius 2 is 1.17 bits per heavy atom. The van der Waals surface area contributed by atoms with Crippen molar-refractivity contribution in [3.63, 3.8) is 0 Å². The summed E-state index contributed by atoms with van der Waals surface area (Å²) in [6, 6.07) is 0. The molecule has 0 bridgehead atoms. The first kappa shape index (κ1) is 25.3. The molecule has 6 nitrogen and oxygen atoms in total.